The number of fused-ring (bicyclic) bond motifs is 1. The first kappa shape index (κ1) is 10.0. The lowest BCUT2D eigenvalue weighted by atomic mass is 10.3. The Kier molecular flexibility index (Phi) is 2.64. The van der Waals surface area contributed by atoms with E-state index in [4.69, 9.17) is 0 Å². The van der Waals surface area contributed by atoms with Crippen molar-refractivity contribution >= 4 is 28.8 Å². The van der Waals surface area contributed by atoms with Gasteiger partial charge in [0.2, 0.25) is 0 Å². The zero-order chi connectivity index (χ0) is 10.8. The van der Waals surface area contributed by atoms with Crippen molar-refractivity contribution in [1.29, 1.82) is 0 Å². The monoisotopic (exact) mass is 222 g/mol. The van der Waals surface area contributed by atoms with Gasteiger partial charge in [0.1, 0.15) is 11.3 Å². The van der Waals surface area contributed by atoms with Gasteiger partial charge in [-0.1, -0.05) is 0 Å². The number of rotatable bonds is 2. The average Bonchev–Trinajstić information content (AvgIpc) is 2.71. The lowest BCUT2D eigenvalue weighted by molar-refractivity contribution is 0.0595. The molecule has 0 aliphatic rings. The molecule has 4 nitrogen and oxygen atoms in total. The second-order valence-electron chi connectivity index (χ2n) is 2.95. The Morgan fingerprint density at radius 1 is 1.60 bits per heavy atom. The molecule has 0 saturated carbocycles. The molecule has 5 heteroatoms. The summed E-state index contributed by atoms with van der Waals surface area (Å²) in [5.74, 6) is -0.375. The number of aromatic nitrogens is 2. The molecule has 15 heavy (non-hydrogen) atoms. The number of ether oxygens (including phenoxy) is 1. The highest BCUT2D eigenvalue weighted by molar-refractivity contribution is 7.98. The van der Waals surface area contributed by atoms with E-state index in [0.29, 0.717) is 11.3 Å². The van der Waals surface area contributed by atoms with Gasteiger partial charge in [-0.05, 0) is 18.4 Å². The van der Waals surface area contributed by atoms with Crippen molar-refractivity contribution in [3.8, 4) is 0 Å². The van der Waals surface area contributed by atoms with Crippen molar-refractivity contribution in [3.63, 3.8) is 0 Å². The number of carbonyl (C=O) groups excluding carboxylic acids is 1. The second-order valence-corrected chi connectivity index (χ2v) is 3.80. The lowest BCUT2D eigenvalue weighted by Gasteiger charge is -1.95. The summed E-state index contributed by atoms with van der Waals surface area (Å²) in [5.41, 5.74) is 1.14. The van der Waals surface area contributed by atoms with Gasteiger partial charge in [-0.3, -0.25) is 0 Å². The summed E-state index contributed by atoms with van der Waals surface area (Å²) in [6.07, 6.45) is 3.70. The molecule has 1 N–H and O–H groups in total. The minimum Gasteiger partial charge on any atom is -0.464 e. The fourth-order valence-electron chi connectivity index (χ4n) is 1.40. The van der Waals surface area contributed by atoms with Gasteiger partial charge >= 0.3 is 5.97 Å². The summed E-state index contributed by atoms with van der Waals surface area (Å²) >= 11 is 1.62. The maximum absolute atomic E-state index is 11.3. The summed E-state index contributed by atoms with van der Waals surface area (Å²) < 4.78 is 4.63. The van der Waals surface area contributed by atoms with Crippen LogP contribution in [0.5, 0.6) is 0 Å². The molecule has 78 valence electrons. The number of nitrogens with one attached hydrogen (secondary N) is 1. The van der Waals surface area contributed by atoms with Gasteiger partial charge < -0.3 is 9.72 Å². The molecule has 0 fully saturated rings. The standard InChI is InChI=1S/C10H10N2O2S/c1-14-10(13)7-5-6-8(15-2)3-4-11-9(6)12-7/h3-5H,1-2H3,(H,11,12). The number of aromatic amines is 1. The van der Waals surface area contributed by atoms with Crippen LogP contribution in [0.25, 0.3) is 11.0 Å². The van der Waals surface area contributed by atoms with Gasteiger partial charge in [0.05, 0.1) is 7.11 Å². The lowest BCUT2D eigenvalue weighted by Crippen LogP contribution is -2.00. The highest BCUT2D eigenvalue weighted by Gasteiger charge is 2.11. The number of esters is 1. The van der Waals surface area contributed by atoms with Crippen LogP contribution in [0.4, 0.5) is 0 Å². The second kappa shape index (κ2) is 3.94. The number of pyridine rings is 1. The molecule has 0 bridgehead atoms. The maximum Gasteiger partial charge on any atom is 0.354 e. The zero-order valence-electron chi connectivity index (χ0n) is 8.40. The minimum atomic E-state index is -0.375. The fourth-order valence-corrected chi connectivity index (χ4v) is 1.97. The quantitative estimate of drug-likeness (QED) is 0.624. The first-order valence-corrected chi connectivity index (χ1v) is 5.58. The Morgan fingerprint density at radius 2 is 2.40 bits per heavy atom. The van der Waals surface area contributed by atoms with E-state index in [1.807, 2.05) is 12.3 Å². The zero-order valence-corrected chi connectivity index (χ0v) is 9.22. The predicted molar refractivity (Wildman–Crippen MR) is 59.2 cm³/mol. The number of thioether (sulfide) groups is 1. The van der Waals surface area contributed by atoms with Crippen molar-refractivity contribution in [2.75, 3.05) is 13.4 Å². The van der Waals surface area contributed by atoms with Crippen LogP contribution in [0.1, 0.15) is 10.5 Å². The molecule has 0 aliphatic carbocycles. The van der Waals surface area contributed by atoms with E-state index in [1.54, 1.807) is 24.0 Å². The van der Waals surface area contributed by atoms with Crippen molar-refractivity contribution in [2.45, 2.75) is 4.90 Å². The first-order valence-electron chi connectivity index (χ1n) is 4.36. The van der Waals surface area contributed by atoms with Gasteiger partial charge in [0.15, 0.2) is 0 Å². The van der Waals surface area contributed by atoms with Crippen LogP contribution in [-0.2, 0) is 4.74 Å². The molecular weight excluding hydrogens is 212 g/mol. The number of methoxy groups -OCH3 is 1. The highest BCUT2D eigenvalue weighted by Crippen LogP contribution is 2.25. The van der Waals surface area contributed by atoms with E-state index in [0.717, 1.165) is 10.3 Å². The Morgan fingerprint density at radius 3 is 3.07 bits per heavy atom. The third kappa shape index (κ3) is 1.70. The van der Waals surface area contributed by atoms with Crippen LogP contribution >= 0.6 is 11.8 Å². The summed E-state index contributed by atoms with van der Waals surface area (Å²) in [5, 5.41) is 0.949. The number of hydrogen-bond donors (Lipinski definition) is 1. The molecular formula is C10H10N2O2S. The normalized spacial score (nSPS) is 10.5. The van der Waals surface area contributed by atoms with Crippen molar-refractivity contribution < 1.29 is 9.53 Å². The molecule has 0 radical (unpaired) electrons. The van der Waals surface area contributed by atoms with E-state index in [9.17, 15) is 4.79 Å². The Hall–Kier alpha value is -1.49. The van der Waals surface area contributed by atoms with Gasteiger partial charge in [-0.2, -0.15) is 0 Å². The Labute approximate surface area is 91.0 Å². The largest absolute Gasteiger partial charge is 0.464 e. The number of nitrogens with zero attached hydrogens (tertiary/aromatic N) is 1. The van der Waals surface area contributed by atoms with Gasteiger partial charge in [0.25, 0.3) is 0 Å². The predicted octanol–water partition coefficient (Wildman–Crippen LogP) is 2.07. The smallest absolute Gasteiger partial charge is 0.354 e. The molecule has 0 atom stereocenters. The van der Waals surface area contributed by atoms with Gasteiger partial charge in [-0.15, -0.1) is 11.8 Å². The molecule has 0 aromatic carbocycles. The Bertz CT molecular complexity index is 507. The van der Waals surface area contributed by atoms with E-state index in [2.05, 4.69) is 14.7 Å². The topological polar surface area (TPSA) is 55.0 Å². The minimum absolute atomic E-state index is 0.375. The number of carbonyl (C=O) groups is 1. The average molecular weight is 222 g/mol. The van der Waals surface area contributed by atoms with Crippen LogP contribution in [0.2, 0.25) is 0 Å². The molecule has 0 unspecified atom stereocenters. The van der Waals surface area contributed by atoms with E-state index < -0.39 is 0 Å². The van der Waals surface area contributed by atoms with Crippen LogP contribution in [0, 0.1) is 0 Å². The summed E-state index contributed by atoms with van der Waals surface area (Å²) in [4.78, 5) is 19.5. The molecule has 0 amide bonds. The summed E-state index contributed by atoms with van der Waals surface area (Å²) in [7, 11) is 1.36. The molecule has 0 saturated heterocycles. The van der Waals surface area contributed by atoms with Gasteiger partial charge in [0, 0.05) is 16.5 Å². The fraction of sp³-hybridized carbons (Fsp3) is 0.200. The molecule has 0 spiro atoms. The van der Waals surface area contributed by atoms with Crippen LogP contribution in [0.15, 0.2) is 23.2 Å². The molecule has 2 rings (SSSR count). The first-order chi connectivity index (χ1) is 7.26. The third-order valence-electron chi connectivity index (χ3n) is 2.12. The highest BCUT2D eigenvalue weighted by atomic mass is 32.2. The third-order valence-corrected chi connectivity index (χ3v) is 2.91. The molecule has 0 aliphatic heterocycles. The van der Waals surface area contributed by atoms with Gasteiger partial charge in [-0.25, -0.2) is 9.78 Å². The van der Waals surface area contributed by atoms with Crippen molar-refractivity contribution in [2.24, 2.45) is 0 Å². The SMILES string of the molecule is COC(=O)c1cc2c(SC)ccnc2[nH]1. The summed E-state index contributed by atoms with van der Waals surface area (Å²) in [6.45, 7) is 0. The van der Waals surface area contributed by atoms with Crippen LogP contribution in [-0.4, -0.2) is 29.3 Å². The molecule has 2 aromatic heterocycles. The number of hydrogen-bond acceptors (Lipinski definition) is 4. The van der Waals surface area contributed by atoms with Crippen LogP contribution in [0.3, 0.4) is 0 Å². The number of H-pyrrole nitrogens is 1. The Balaban J connectivity index is 2.60. The molecule has 2 heterocycles. The van der Waals surface area contributed by atoms with E-state index >= 15 is 0 Å². The molecule has 2 aromatic rings. The van der Waals surface area contributed by atoms with E-state index in [1.165, 1.54) is 7.11 Å². The van der Waals surface area contributed by atoms with Crippen LogP contribution < -0.4 is 0 Å². The van der Waals surface area contributed by atoms with Crippen molar-refractivity contribution in [1.82, 2.24) is 9.97 Å². The van der Waals surface area contributed by atoms with E-state index in [-0.39, 0.29) is 5.97 Å². The van der Waals surface area contributed by atoms with Crippen molar-refractivity contribution in [3.05, 3.63) is 24.0 Å². The maximum atomic E-state index is 11.3. The summed E-state index contributed by atoms with van der Waals surface area (Å²) in [6, 6.07) is 3.68.